The zero-order valence-electron chi connectivity index (χ0n) is 7.55. The third kappa shape index (κ3) is 3.63. The highest BCUT2D eigenvalue weighted by Gasteiger charge is 2.12. The molecule has 2 heteroatoms. The normalized spacial score (nSPS) is 28.4. The lowest BCUT2D eigenvalue weighted by atomic mass is 9.99. The monoisotopic (exact) mass is 185 g/mol. The van der Waals surface area contributed by atoms with Crippen LogP contribution in [0.3, 0.4) is 0 Å². The Labute approximate surface area is 80.2 Å². The van der Waals surface area contributed by atoms with Gasteiger partial charge in [0.1, 0.15) is 6.10 Å². The molecule has 1 saturated carbocycles. The summed E-state index contributed by atoms with van der Waals surface area (Å²) in [5, 5.41) is 11.4. The molecule has 0 N–H and O–H groups in total. The molecule has 0 amide bonds. The Bertz CT molecular complexity index is 145. The maximum atomic E-state index is 11.4. The van der Waals surface area contributed by atoms with Crippen molar-refractivity contribution in [3.63, 3.8) is 0 Å². The summed E-state index contributed by atoms with van der Waals surface area (Å²) in [4.78, 5) is 0.775. The van der Waals surface area contributed by atoms with Crippen molar-refractivity contribution in [1.82, 2.24) is 0 Å². The summed E-state index contributed by atoms with van der Waals surface area (Å²) in [7, 11) is 0. The van der Waals surface area contributed by atoms with E-state index in [0.717, 1.165) is 30.5 Å². The smallest absolute Gasteiger partial charge is 0.124 e. The van der Waals surface area contributed by atoms with Gasteiger partial charge < -0.3 is 0 Å². The minimum atomic E-state index is -0.543. The fourth-order valence-electron chi connectivity index (χ4n) is 1.66. The van der Waals surface area contributed by atoms with Gasteiger partial charge in [-0.25, -0.2) is 5.11 Å². The SMILES string of the molecule is [O]C1CCCCCCCCC1=S. The van der Waals surface area contributed by atoms with Gasteiger partial charge in [-0.1, -0.05) is 44.3 Å². The van der Waals surface area contributed by atoms with Gasteiger partial charge in [0, 0.05) is 4.86 Å². The quantitative estimate of drug-likeness (QED) is 0.530. The van der Waals surface area contributed by atoms with Crippen LogP contribution in [0.2, 0.25) is 0 Å². The van der Waals surface area contributed by atoms with E-state index >= 15 is 0 Å². The van der Waals surface area contributed by atoms with E-state index in [-0.39, 0.29) is 0 Å². The largest absolute Gasteiger partial charge is 0.227 e. The Balaban J connectivity index is 2.31. The van der Waals surface area contributed by atoms with E-state index in [1.54, 1.807) is 0 Å². The fourth-order valence-corrected chi connectivity index (χ4v) is 1.92. The van der Waals surface area contributed by atoms with Crippen LogP contribution >= 0.6 is 12.2 Å². The molecule has 12 heavy (non-hydrogen) atoms. The summed E-state index contributed by atoms with van der Waals surface area (Å²) in [6, 6.07) is 0. The van der Waals surface area contributed by atoms with Crippen molar-refractivity contribution < 1.29 is 5.11 Å². The van der Waals surface area contributed by atoms with Crippen LogP contribution in [0, 0.1) is 0 Å². The molecular weight excluding hydrogens is 168 g/mol. The van der Waals surface area contributed by atoms with Gasteiger partial charge in [-0.15, -0.1) is 0 Å². The Hall–Kier alpha value is 0.0500. The summed E-state index contributed by atoms with van der Waals surface area (Å²) in [5.74, 6) is 0. The summed E-state index contributed by atoms with van der Waals surface area (Å²) < 4.78 is 0. The van der Waals surface area contributed by atoms with Gasteiger partial charge in [0.15, 0.2) is 0 Å². The van der Waals surface area contributed by atoms with Gasteiger partial charge in [0.25, 0.3) is 0 Å². The maximum absolute atomic E-state index is 11.4. The molecular formula is C10H17OS. The van der Waals surface area contributed by atoms with Crippen molar-refractivity contribution in [1.29, 1.82) is 0 Å². The van der Waals surface area contributed by atoms with Crippen molar-refractivity contribution in [2.24, 2.45) is 0 Å². The Morgan fingerprint density at radius 2 is 1.58 bits per heavy atom. The molecule has 0 spiro atoms. The second kappa shape index (κ2) is 5.65. The van der Waals surface area contributed by atoms with Crippen molar-refractivity contribution in [2.45, 2.75) is 57.5 Å². The summed E-state index contributed by atoms with van der Waals surface area (Å²) in [5.41, 5.74) is 0. The molecule has 1 fully saturated rings. The highest BCUT2D eigenvalue weighted by atomic mass is 32.1. The van der Waals surface area contributed by atoms with E-state index in [1.165, 1.54) is 25.7 Å². The maximum Gasteiger partial charge on any atom is 0.124 e. The van der Waals surface area contributed by atoms with Crippen LogP contribution in [-0.4, -0.2) is 11.0 Å². The molecule has 0 heterocycles. The van der Waals surface area contributed by atoms with Crippen LogP contribution in [0.4, 0.5) is 0 Å². The summed E-state index contributed by atoms with van der Waals surface area (Å²) in [6.45, 7) is 0. The minimum absolute atomic E-state index is 0.543. The molecule has 0 bridgehead atoms. The van der Waals surface area contributed by atoms with Crippen molar-refractivity contribution >= 4 is 17.1 Å². The molecule has 0 aromatic rings. The number of hydrogen-bond donors (Lipinski definition) is 0. The summed E-state index contributed by atoms with van der Waals surface area (Å²) in [6.07, 6.45) is 8.45. The first-order chi connectivity index (χ1) is 5.80. The first kappa shape index (κ1) is 10.1. The molecule has 1 unspecified atom stereocenters. The molecule has 1 aliphatic carbocycles. The zero-order valence-corrected chi connectivity index (χ0v) is 8.37. The molecule has 69 valence electrons. The van der Waals surface area contributed by atoms with Gasteiger partial charge in [-0.2, -0.15) is 0 Å². The summed E-state index contributed by atoms with van der Waals surface area (Å²) >= 11 is 5.07. The molecule has 0 aromatic carbocycles. The average molecular weight is 185 g/mol. The van der Waals surface area contributed by atoms with E-state index in [1.807, 2.05) is 0 Å². The molecule has 1 rings (SSSR count). The van der Waals surface area contributed by atoms with Gasteiger partial charge in [-0.05, 0) is 19.3 Å². The van der Waals surface area contributed by atoms with Crippen LogP contribution in [-0.2, 0) is 5.11 Å². The van der Waals surface area contributed by atoms with Crippen LogP contribution in [0.15, 0.2) is 0 Å². The lowest BCUT2D eigenvalue weighted by Gasteiger charge is -2.12. The van der Waals surface area contributed by atoms with E-state index in [2.05, 4.69) is 0 Å². The molecule has 0 aromatic heterocycles. The van der Waals surface area contributed by atoms with Crippen molar-refractivity contribution in [3.05, 3.63) is 0 Å². The molecule has 1 radical (unpaired) electrons. The lowest BCUT2D eigenvalue weighted by molar-refractivity contribution is 0.135. The third-order valence-electron chi connectivity index (χ3n) is 2.50. The molecule has 1 nitrogen and oxygen atoms in total. The first-order valence-electron chi connectivity index (χ1n) is 4.99. The van der Waals surface area contributed by atoms with Gasteiger partial charge in [-0.3, -0.25) is 0 Å². The Kier molecular flexibility index (Phi) is 4.77. The predicted molar refractivity (Wildman–Crippen MR) is 54.0 cm³/mol. The highest BCUT2D eigenvalue weighted by molar-refractivity contribution is 7.80. The lowest BCUT2D eigenvalue weighted by Crippen LogP contribution is -2.17. The number of rotatable bonds is 0. The topological polar surface area (TPSA) is 19.9 Å². The number of thiocarbonyl (C=S) groups is 1. The Morgan fingerprint density at radius 3 is 2.33 bits per heavy atom. The minimum Gasteiger partial charge on any atom is -0.227 e. The van der Waals surface area contributed by atoms with Crippen LogP contribution < -0.4 is 0 Å². The standard InChI is InChI=1S/C10H17OS/c11-9-7-5-3-1-2-4-6-8-10(9)12/h9H,1-8H2. The predicted octanol–water partition coefficient (Wildman–Crippen LogP) is 3.29. The second-order valence-corrected chi connectivity index (χ2v) is 4.14. The van der Waals surface area contributed by atoms with E-state index < -0.39 is 6.10 Å². The van der Waals surface area contributed by atoms with Gasteiger partial charge in [0.05, 0.1) is 0 Å². The van der Waals surface area contributed by atoms with E-state index in [0.29, 0.717) is 0 Å². The van der Waals surface area contributed by atoms with Crippen molar-refractivity contribution in [3.8, 4) is 0 Å². The van der Waals surface area contributed by atoms with Crippen molar-refractivity contribution in [2.75, 3.05) is 0 Å². The fraction of sp³-hybridized carbons (Fsp3) is 0.900. The van der Waals surface area contributed by atoms with Crippen LogP contribution in [0.25, 0.3) is 0 Å². The molecule has 0 saturated heterocycles. The molecule has 0 aliphatic heterocycles. The zero-order chi connectivity index (χ0) is 8.81. The van der Waals surface area contributed by atoms with E-state index in [4.69, 9.17) is 12.2 Å². The first-order valence-corrected chi connectivity index (χ1v) is 5.40. The van der Waals surface area contributed by atoms with Crippen LogP contribution in [0.1, 0.15) is 51.4 Å². The molecule has 1 atom stereocenters. The van der Waals surface area contributed by atoms with E-state index in [9.17, 15) is 5.11 Å². The van der Waals surface area contributed by atoms with Gasteiger partial charge >= 0.3 is 0 Å². The number of hydrogen-bond acceptors (Lipinski definition) is 1. The van der Waals surface area contributed by atoms with Crippen LogP contribution in [0.5, 0.6) is 0 Å². The Morgan fingerprint density at radius 1 is 1.00 bits per heavy atom. The third-order valence-corrected chi connectivity index (χ3v) is 2.97. The molecule has 1 aliphatic rings. The highest BCUT2D eigenvalue weighted by Crippen LogP contribution is 2.15. The van der Waals surface area contributed by atoms with Gasteiger partial charge in [0.2, 0.25) is 0 Å². The average Bonchev–Trinajstić information content (AvgIpc) is 2.08. The second-order valence-electron chi connectivity index (χ2n) is 3.61.